The molecule has 3 rings (SSSR count). The van der Waals surface area contributed by atoms with Gasteiger partial charge in [-0.25, -0.2) is 0 Å². The quantitative estimate of drug-likeness (QED) is 0.915. The molecule has 0 saturated carbocycles. The Morgan fingerprint density at radius 1 is 1.35 bits per heavy atom. The van der Waals surface area contributed by atoms with Crippen LogP contribution in [0.5, 0.6) is 0 Å². The van der Waals surface area contributed by atoms with Crippen LogP contribution in [0.15, 0.2) is 24.4 Å². The number of likely N-dealkylation sites (tertiary alicyclic amines) is 1. The lowest BCUT2D eigenvalue weighted by molar-refractivity contribution is 0.0658. The number of benzene rings is 1. The van der Waals surface area contributed by atoms with Crippen LogP contribution in [0, 0.1) is 19.8 Å². The van der Waals surface area contributed by atoms with Crippen LogP contribution in [-0.4, -0.2) is 38.9 Å². The first-order chi connectivity index (χ1) is 12.3. The van der Waals surface area contributed by atoms with E-state index in [0.717, 1.165) is 54.9 Å². The Kier molecular flexibility index (Phi) is 5.14. The van der Waals surface area contributed by atoms with E-state index in [4.69, 9.17) is 5.73 Å². The molecule has 6 nitrogen and oxygen atoms in total. The van der Waals surface area contributed by atoms with E-state index in [2.05, 4.69) is 10.3 Å². The molecule has 2 N–H and O–H groups in total. The summed E-state index contributed by atoms with van der Waals surface area (Å²) in [4.78, 5) is 15.0. The van der Waals surface area contributed by atoms with Crippen molar-refractivity contribution in [2.45, 2.75) is 52.6 Å². The molecule has 1 amide bonds. The third kappa shape index (κ3) is 3.96. The summed E-state index contributed by atoms with van der Waals surface area (Å²) < 4.78 is 1.86. The number of hydrogen-bond donors (Lipinski definition) is 1. The molecule has 1 aliphatic rings. The van der Waals surface area contributed by atoms with Crippen LogP contribution in [0.25, 0.3) is 0 Å². The van der Waals surface area contributed by atoms with Crippen molar-refractivity contribution in [1.29, 1.82) is 0 Å². The Bertz CT molecular complexity index is 790. The summed E-state index contributed by atoms with van der Waals surface area (Å²) in [5.41, 5.74) is 9.43. The summed E-state index contributed by atoms with van der Waals surface area (Å²) in [7, 11) is 0. The molecule has 0 spiro atoms. The molecular weight excluding hydrogens is 326 g/mol. The number of piperidine rings is 1. The number of aryl methyl sites for hydroxylation is 1. The Hall–Kier alpha value is -2.21. The van der Waals surface area contributed by atoms with E-state index in [9.17, 15) is 4.79 Å². The summed E-state index contributed by atoms with van der Waals surface area (Å²) in [6, 6.07) is 5.94. The van der Waals surface area contributed by atoms with Gasteiger partial charge in [0.1, 0.15) is 5.69 Å². The van der Waals surface area contributed by atoms with E-state index in [1.807, 2.05) is 61.7 Å². The van der Waals surface area contributed by atoms with Crippen molar-refractivity contribution in [2.75, 3.05) is 13.1 Å². The Balaban J connectivity index is 1.68. The second-order valence-electron chi connectivity index (χ2n) is 8.05. The van der Waals surface area contributed by atoms with Crippen molar-refractivity contribution < 1.29 is 4.79 Å². The SMILES string of the molecule is Cc1cccc(C(=O)N2CCC[C@H](Cn3cc(C(C)(C)N)nn3)C2)c1C. The summed E-state index contributed by atoms with van der Waals surface area (Å²) in [5, 5.41) is 8.40. The van der Waals surface area contributed by atoms with E-state index in [1.165, 1.54) is 0 Å². The molecule has 1 fully saturated rings. The molecule has 26 heavy (non-hydrogen) atoms. The topological polar surface area (TPSA) is 77.0 Å². The predicted molar refractivity (Wildman–Crippen MR) is 102 cm³/mol. The van der Waals surface area contributed by atoms with Crippen LogP contribution in [-0.2, 0) is 12.1 Å². The minimum Gasteiger partial charge on any atom is -0.338 e. The molecule has 1 aromatic carbocycles. The van der Waals surface area contributed by atoms with Gasteiger partial charge >= 0.3 is 0 Å². The molecule has 1 aromatic heterocycles. The molecule has 6 heteroatoms. The molecule has 140 valence electrons. The van der Waals surface area contributed by atoms with Crippen molar-refractivity contribution in [3.8, 4) is 0 Å². The number of carbonyl (C=O) groups excluding carboxylic acids is 1. The van der Waals surface area contributed by atoms with Crippen LogP contribution < -0.4 is 5.73 Å². The van der Waals surface area contributed by atoms with Gasteiger partial charge in [0.05, 0.1) is 11.7 Å². The smallest absolute Gasteiger partial charge is 0.254 e. The Morgan fingerprint density at radius 3 is 2.81 bits per heavy atom. The lowest BCUT2D eigenvalue weighted by atomic mass is 9.96. The molecule has 0 unspecified atom stereocenters. The van der Waals surface area contributed by atoms with Gasteiger partial charge in [0.25, 0.3) is 5.91 Å². The van der Waals surface area contributed by atoms with E-state index < -0.39 is 5.54 Å². The van der Waals surface area contributed by atoms with Crippen molar-refractivity contribution >= 4 is 5.91 Å². The second-order valence-corrected chi connectivity index (χ2v) is 8.05. The normalized spacial score (nSPS) is 18.2. The molecule has 1 aliphatic heterocycles. The zero-order valence-corrected chi connectivity index (χ0v) is 16.2. The summed E-state index contributed by atoms with van der Waals surface area (Å²) in [5.74, 6) is 0.520. The average molecular weight is 355 g/mol. The van der Waals surface area contributed by atoms with Crippen molar-refractivity contribution in [3.05, 3.63) is 46.8 Å². The molecule has 0 radical (unpaired) electrons. The lowest BCUT2D eigenvalue weighted by Gasteiger charge is -2.33. The first kappa shape index (κ1) is 18.6. The molecule has 0 bridgehead atoms. The molecular formula is C20H29N5O. The predicted octanol–water partition coefficient (Wildman–Crippen LogP) is 2.64. The van der Waals surface area contributed by atoms with E-state index in [1.54, 1.807) is 0 Å². The summed E-state index contributed by atoms with van der Waals surface area (Å²) >= 11 is 0. The monoisotopic (exact) mass is 355 g/mol. The van der Waals surface area contributed by atoms with Gasteiger partial charge in [0.15, 0.2) is 0 Å². The number of nitrogens with two attached hydrogens (primary N) is 1. The number of carbonyl (C=O) groups is 1. The van der Waals surface area contributed by atoms with Crippen LogP contribution in [0.3, 0.4) is 0 Å². The van der Waals surface area contributed by atoms with Gasteiger partial charge in [-0.3, -0.25) is 9.48 Å². The Labute approximate surface area is 155 Å². The third-order valence-corrected chi connectivity index (χ3v) is 5.29. The minimum absolute atomic E-state index is 0.137. The standard InChI is InChI=1S/C20H29N5O/c1-14-7-5-9-17(15(14)2)19(26)24-10-6-8-16(11-24)12-25-13-18(22-23-25)20(3,4)21/h5,7,9,13,16H,6,8,10-12,21H2,1-4H3/t16-/m0/s1. The first-order valence-electron chi connectivity index (χ1n) is 9.30. The summed E-state index contributed by atoms with van der Waals surface area (Å²) in [6.45, 7) is 10.3. The van der Waals surface area contributed by atoms with E-state index >= 15 is 0 Å². The van der Waals surface area contributed by atoms with E-state index in [-0.39, 0.29) is 5.91 Å². The fourth-order valence-electron chi connectivity index (χ4n) is 3.50. The van der Waals surface area contributed by atoms with Crippen molar-refractivity contribution in [3.63, 3.8) is 0 Å². The number of nitrogens with zero attached hydrogens (tertiary/aromatic N) is 4. The van der Waals surface area contributed by atoms with E-state index in [0.29, 0.717) is 5.92 Å². The highest BCUT2D eigenvalue weighted by atomic mass is 16.2. The minimum atomic E-state index is -0.491. The van der Waals surface area contributed by atoms with Gasteiger partial charge < -0.3 is 10.6 Å². The molecule has 2 aromatic rings. The fourth-order valence-corrected chi connectivity index (χ4v) is 3.50. The molecule has 1 atom stereocenters. The van der Waals surface area contributed by atoms with Gasteiger partial charge in [-0.15, -0.1) is 5.10 Å². The number of amides is 1. The van der Waals surface area contributed by atoms with Crippen molar-refractivity contribution in [1.82, 2.24) is 19.9 Å². The highest BCUT2D eigenvalue weighted by molar-refractivity contribution is 5.96. The number of aromatic nitrogens is 3. The van der Waals surface area contributed by atoms with Crippen LogP contribution in [0.4, 0.5) is 0 Å². The van der Waals surface area contributed by atoms with Gasteiger partial charge in [-0.1, -0.05) is 17.3 Å². The zero-order valence-electron chi connectivity index (χ0n) is 16.2. The van der Waals surface area contributed by atoms with Gasteiger partial charge in [-0.05, 0) is 63.6 Å². The molecule has 0 aliphatic carbocycles. The fraction of sp³-hybridized carbons (Fsp3) is 0.550. The zero-order chi connectivity index (χ0) is 18.9. The van der Waals surface area contributed by atoms with Gasteiger partial charge in [-0.2, -0.15) is 0 Å². The molecule has 2 heterocycles. The number of rotatable bonds is 4. The lowest BCUT2D eigenvalue weighted by Crippen LogP contribution is -2.41. The first-order valence-corrected chi connectivity index (χ1v) is 9.30. The van der Waals surface area contributed by atoms with Crippen molar-refractivity contribution in [2.24, 2.45) is 11.7 Å². The van der Waals surface area contributed by atoms with Crippen LogP contribution >= 0.6 is 0 Å². The highest BCUT2D eigenvalue weighted by Gasteiger charge is 2.26. The molecule has 1 saturated heterocycles. The highest BCUT2D eigenvalue weighted by Crippen LogP contribution is 2.22. The Morgan fingerprint density at radius 2 is 2.12 bits per heavy atom. The number of hydrogen-bond acceptors (Lipinski definition) is 4. The van der Waals surface area contributed by atoms with Gasteiger partial charge in [0.2, 0.25) is 0 Å². The maximum absolute atomic E-state index is 13.0. The largest absolute Gasteiger partial charge is 0.338 e. The summed E-state index contributed by atoms with van der Waals surface area (Å²) in [6.07, 6.45) is 4.04. The average Bonchev–Trinajstić information content (AvgIpc) is 3.06. The second kappa shape index (κ2) is 7.19. The van der Waals surface area contributed by atoms with Crippen LogP contribution in [0.2, 0.25) is 0 Å². The van der Waals surface area contributed by atoms with Crippen LogP contribution in [0.1, 0.15) is 53.9 Å². The van der Waals surface area contributed by atoms with Gasteiger partial charge in [0, 0.05) is 25.2 Å². The maximum Gasteiger partial charge on any atom is 0.254 e. The maximum atomic E-state index is 13.0. The third-order valence-electron chi connectivity index (χ3n) is 5.29.